The van der Waals surface area contributed by atoms with Crippen molar-refractivity contribution in [2.75, 3.05) is 12.3 Å². The Morgan fingerprint density at radius 1 is 1.20 bits per heavy atom. The van der Waals surface area contributed by atoms with Crippen molar-refractivity contribution in [3.05, 3.63) is 17.6 Å². The zero-order valence-electron chi connectivity index (χ0n) is 13.0. The molecule has 4 nitrogen and oxygen atoms in total. The summed E-state index contributed by atoms with van der Waals surface area (Å²) in [5.74, 6) is 1.89. The fraction of sp³-hybridized carbons (Fsp3) is 0.750. The second-order valence-electron chi connectivity index (χ2n) is 5.66. The molecular weight excluding hydrogens is 250 g/mol. The molecule has 1 aromatic heterocycles. The molecule has 0 amide bonds. The van der Waals surface area contributed by atoms with Crippen molar-refractivity contribution in [1.29, 1.82) is 0 Å². The number of nitrogens with zero attached hydrogens (tertiary/aromatic N) is 2. The molecule has 1 fully saturated rings. The van der Waals surface area contributed by atoms with Gasteiger partial charge in [0.2, 0.25) is 0 Å². The third-order valence-corrected chi connectivity index (χ3v) is 4.51. The van der Waals surface area contributed by atoms with Crippen molar-refractivity contribution >= 4 is 5.82 Å². The highest BCUT2D eigenvalue weighted by Crippen LogP contribution is 2.36. The molecule has 1 aromatic rings. The van der Waals surface area contributed by atoms with Gasteiger partial charge in [0.05, 0.1) is 0 Å². The molecular formula is C16H27N3O. The molecule has 1 aliphatic rings. The fourth-order valence-electron chi connectivity index (χ4n) is 3.23. The minimum absolute atomic E-state index is 0.391. The first-order valence-corrected chi connectivity index (χ1v) is 7.94. The van der Waals surface area contributed by atoms with Crippen LogP contribution in [0.4, 0.5) is 5.82 Å². The van der Waals surface area contributed by atoms with E-state index >= 15 is 0 Å². The lowest BCUT2D eigenvalue weighted by atomic mass is 9.95. The number of nitrogens with two attached hydrogens (primary N) is 1. The number of nitrogen functional groups attached to an aromatic ring is 1. The Morgan fingerprint density at radius 2 is 1.85 bits per heavy atom. The Hall–Kier alpha value is -1.16. The van der Waals surface area contributed by atoms with Gasteiger partial charge in [-0.3, -0.25) is 0 Å². The normalized spacial score (nSPS) is 16.8. The van der Waals surface area contributed by atoms with Gasteiger partial charge in [0.25, 0.3) is 0 Å². The first-order valence-electron chi connectivity index (χ1n) is 7.94. The summed E-state index contributed by atoms with van der Waals surface area (Å²) in [6.45, 7) is 6.94. The van der Waals surface area contributed by atoms with Gasteiger partial charge < -0.3 is 10.5 Å². The quantitative estimate of drug-likeness (QED) is 0.859. The summed E-state index contributed by atoms with van der Waals surface area (Å²) in [4.78, 5) is 9.31. The van der Waals surface area contributed by atoms with Gasteiger partial charge in [-0.15, -0.1) is 0 Å². The predicted molar refractivity (Wildman–Crippen MR) is 81.5 cm³/mol. The van der Waals surface area contributed by atoms with Crippen LogP contribution in [0.25, 0.3) is 0 Å². The highest BCUT2D eigenvalue weighted by molar-refractivity contribution is 5.33. The molecule has 2 N–H and O–H groups in total. The maximum atomic E-state index is 6.02. The lowest BCUT2D eigenvalue weighted by molar-refractivity contribution is -0.0572. The number of hydrogen-bond acceptors (Lipinski definition) is 4. The Labute approximate surface area is 122 Å². The predicted octanol–water partition coefficient (Wildman–Crippen LogP) is 3.77. The van der Waals surface area contributed by atoms with Gasteiger partial charge in [-0.1, -0.05) is 26.7 Å². The molecule has 0 bridgehead atoms. The molecule has 2 rings (SSSR count). The van der Waals surface area contributed by atoms with Gasteiger partial charge in [0.15, 0.2) is 5.82 Å². The maximum absolute atomic E-state index is 6.02. The summed E-state index contributed by atoms with van der Waals surface area (Å²) in [5, 5.41) is 0. The van der Waals surface area contributed by atoms with E-state index in [1.165, 1.54) is 25.7 Å². The van der Waals surface area contributed by atoms with Gasteiger partial charge in [-0.25, -0.2) is 9.97 Å². The van der Waals surface area contributed by atoms with Crippen LogP contribution in [0.1, 0.15) is 76.7 Å². The van der Waals surface area contributed by atoms with Crippen molar-refractivity contribution in [2.45, 2.75) is 70.8 Å². The molecule has 0 aliphatic heterocycles. The summed E-state index contributed by atoms with van der Waals surface area (Å²) in [6, 6.07) is 1.95. The van der Waals surface area contributed by atoms with Crippen molar-refractivity contribution in [3.8, 4) is 0 Å². The average Bonchev–Trinajstić information content (AvgIpc) is 2.98. The zero-order chi connectivity index (χ0) is 14.6. The Morgan fingerprint density at radius 3 is 2.40 bits per heavy atom. The van der Waals surface area contributed by atoms with E-state index in [-0.39, 0.29) is 0 Å². The van der Waals surface area contributed by atoms with Crippen LogP contribution in [0.3, 0.4) is 0 Å². The molecule has 0 radical (unpaired) electrons. The van der Waals surface area contributed by atoms with Crippen LogP contribution in [0.5, 0.6) is 0 Å². The molecule has 0 unspecified atom stereocenters. The molecule has 0 spiro atoms. The highest BCUT2D eigenvalue weighted by Gasteiger charge is 2.33. The Bertz CT molecular complexity index is 437. The largest absolute Gasteiger partial charge is 0.384 e. The monoisotopic (exact) mass is 277 g/mol. The van der Waals surface area contributed by atoms with E-state index in [2.05, 4.69) is 18.8 Å². The fourth-order valence-corrected chi connectivity index (χ4v) is 3.23. The van der Waals surface area contributed by atoms with Crippen molar-refractivity contribution in [1.82, 2.24) is 9.97 Å². The van der Waals surface area contributed by atoms with Gasteiger partial charge in [-0.05, 0) is 32.6 Å². The summed E-state index contributed by atoms with van der Waals surface area (Å²) in [6.07, 6.45) is 6.76. The third-order valence-electron chi connectivity index (χ3n) is 4.51. The standard InChI is InChI=1S/C16H27N3O/c1-4-16(5-2,20-6-3)15-18-13(11-14(17)19-15)12-9-7-8-10-12/h11-12H,4-10H2,1-3H3,(H2,17,18,19). The Kier molecular flexibility index (Phi) is 4.97. The lowest BCUT2D eigenvalue weighted by Gasteiger charge is -2.30. The summed E-state index contributed by atoms with van der Waals surface area (Å²) < 4.78 is 6.01. The lowest BCUT2D eigenvalue weighted by Crippen LogP contribution is -2.31. The zero-order valence-corrected chi connectivity index (χ0v) is 13.0. The summed E-state index contributed by atoms with van der Waals surface area (Å²) >= 11 is 0. The number of rotatable bonds is 6. The maximum Gasteiger partial charge on any atom is 0.162 e. The number of aromatic nitrogens is 2. The first-order chi connectivity index (χ1) is 9.65. The molecule has 4 heteroatoms. The molecule has 0 aromatic carbocycles. The van der Waals surface area contributed by atoms with Crippen molar-refractivity contribution < 1.29 is 4.74 Å². The van der Waals surface area contributed by atoms with Gasteiger partial charge in [0, 0.05) is 24.3 Å². The van der Waals surface area contributed by atoms with E-state index in [0.29, 0.717) is 18.3 Å². The SMILES string of the molecule is CCOC(CC)(CC)c1nc(N)cc(C2CCCC2)n1. The van der Waals surface area contributed by atoms with Crippen LogP contribution >= 0.6 is 0 Å². The number of ether oxygens (including phenoxy) is 1. The van der Waals surface area contributed by atoms with E-state index in [1.54, 1.807) is 0 Å². The van der Waals surface area contributed by atoms with E-state index in [4.69, 9.17) is 15.5 Å². The van der Waals surface area contributed by atoms with E-state index in [1.807, 2.05) is 13.0 Å². The number of hydrogen-bond donors (Lipinski definition) is 1. The summed E-state index contributed by atoms with van der Waals surface area (Å²) in [7, 11) is 0. The van der Waals surface area contributed by atoms with Gasteiger partial charge in [-0.2, -0.15) is 0 Å². The van der Waals surface area contributed by atoms with Crippen molar-refractivity contribution in [3.63, 3.8) is 0 Å². The topological polar surface area (TPSA) is 61.0 Å². The third kappa shape index (κ3) is 2.95. The van der Waals surface area contributed by atoms with E-state index in [9.17, 15) is 0 Å². The van der Waals surface area contributed by atoms with Crippen LogP contribution in [0.2, 0.25) is 0 Å². The molecule has 1 aliphatic carbocycles. The summed E-state index contributed by atoms with van der Waals surface area (Å²) in [5.41, 5.74) is 6.74. The molecule has 1 saturated carbocycles. The van der Waals surface area contributed by atoms with E-state index in [0.717, 1.165) is 24.4 Å². The second kappa shape index (κ2) is 6.53. The molecule has 0 saturated heterocycles. The minimum atomic E-state index is -0.391. The van der Waals surface area contributed by atoms with Crippen LogP contribution in [0.15, 0.2) is 6.07 Å². The molecule has 20 heavy (non-hydrogen) atoms. The number of anilines is 1. The minimum Gasteiger partial charge on any atom is -0.384 e. The Balaban J connectivity index is 2.38. The van der Waals surface area contributed by atoms with Crippen LogP contribution in [0, 0.1) is 0 Å². The molecule has 0 atom stereocenters. The van der Waals surface area contributed by atoms with Crippen LogP contribution in [-0.4, -0.2) is 16.6 Å². The van der Waals surface area contributed by atoms with Gasteiger partial charge >= 0.3 is 0 Å². The highest BCUT2D eigenvalue weighted by atomic mass is 16.5. The van der Waals surface area contributed by atoms with Gasteiger partial charge in [0.1, 0.15) is 11.4 Å². The van der Waals surface area contributed by atoms with Crippen molar-refractivity contribution in [2.24, 2.45) is 0 Å². The van der Waals surface area contributed by atoms with Crippen LogP contribution in [-0.2, 0) is 10.3 Å². The first kappa shape index (κ1) is 15.2. The van der Waals surface area contributed by atoms with Crippen LogP contribution < -0.4 is 5.73 Å². The smallest absolute Gasteiger partial charge is 0.162 e. The molecule has 1 heterocycles. The molecule has 112 valence electrons. The second-order valence-corrected chi connectivity index (χ2v) is 5.66. The van der Waals surface area contributed by atoms with E-state index < -0.39 is 5.60 Å². The average molecular weight is 277 g/mol.